The Kier molecular flexibility index (Phi) is 3.19. The van der Waals surface area contributed by atoms with E-state index in [2.05, 4.69) is 0 Å². The van der Waals surface area contributed by atoms with Crippen LogP contribution in [0.25, 0.3) is 0 Å². The van der Waals surface area contributed by atoms with Crippen molar-refractivity contribution in [1.82, 2.24) is 4.90 Å². The van der Waals surface area contributed by atoms with E-state index in [9.17, 15) is 4.79 Å². The third-order valence-corrected chi connectivity index (χ3v) is 4.30. The van der Waals surface area contributed by atoms with Crippen molar-refractivity contribution < 1.29 is 14.3 Å². The van der Waals surface area contributed by atoms with Gasteiger partial charge >= 0.3 is 0 Å². The van der Waals surface area contributed by atoms with Gasteiger partial charge in [-0.1, -0.05) is 17.7 Å². The van der Waals surface area contributed by atoms with Crippen LogP contribution in [-0.4, -0.2) is 24.1 Å². The van der Waals surface area contributed by atoms with Crippen LogP contribution in [0.1, 0.15) is 21.5 Å². The van der Waals surface area contributed by atoms with Crippen LogP contribution in [0.3, 0.4) is 0 Å². The molecule has 4 rings (SSSR count). The minimum atomic E-state index is 0.00539. The third kappa shape index (κ3) is 2.29. The molecule has 0 N–H and O–H groups in total. The van der Waals surface area contributed by atoms with Crippen LogP contribution in [0.15, 0.2) is 36.4 Å². The molecule has 0 aromatic heterocycles. The Morgan fingerprint density at radius 1 is 1.09 bits per heavy atom. The Balaban J connectivity index is 1.60. The lowest BCUT2D eigenvalue weighted by Gasteiger charge is -2.29. The van der Waals surface area contributed by atoms with Gasteiger partial charge in [-0.05, 0) is 47.9 Å². The van der Waals surface area contributed by atoms with Crippen molar-refractivity contribution in [3.8, 4) is 11.5 Å². The summed E-state index contributed by atoms with van der Waals surface area (Å²) in [7, 11) is 0. The summed E-state index contributed by atoms with van der Waals surface area (Å²) in [6, 6.07) is 11.1. The lowest BCUT2D eigenvalue weighted by atomic mass is 9.98. The quantitative estimate of drug-likeness (QED) is 0.810. The number of rotatable bonds is 1. The van der Waals surface area contributed by atoms with Gasteiger partial charge in [0.2, 0.25) is 6.79 Å². The maximum absolute atomic E-state index is 12.6. The largest absolute Gasteiger partial charge is 0.454 e. The van der Waals surface area contributed by atoms with Crippen LogP contribution in [-0.2, 0) is 13.0 Å². The average Bonchev–Trinajstić information content (AvgIpc) is 2.98. The highest BCUT2D eigenvalue weighted by Gasteiger charge is 2.25. The van der Waals surface area contributed by atoms with Gasteiger partial charge in [-0.3, -0.25) is 4.79 Å². The highest BCUT2D eigenvalue weighted by atomic mass is 35.5. The van der Waals surface area contributed by atoms with Gasteiger partial charge in [-0.15, -0.1) is 0 Å². The minimum Gasteiger partial charge on any atom is -0.454 e. The number of hydrogen-bond acceptors (Lipinski definition) is 3. The van der Waals surface area contributed by atoms with E-state index in [-0.39, 0.29) is 12.7 Å². The second kappa shape index (κ2) is 5.21. The van der Waals surface area contributed by atoms with Gasteiger partial charge in [-0.2, -0.15) is 0 Å². The Hall–Kier alpha value is -2.20. The topological polar surface area (TPSA) is 38.8 Å². The molecule has 22 heavy (non-hydrogen) atoms. The van der Waals surface area contributed by atoms with E-state index in [1.807, 2.05) is 17.0 Å². The van der Waals surface area contributed by atoms with E-state index < -0.39 is 0 Å². The average molecular weight is 316 g/mol. The maximum atomic E-state index is 12.6. The molecule has 0 spiro atoms. The highest BCUT2D eigenvalue weighted by molar-refractivity contribution is 6.30. The van der Waals surface area contributed by atoms with Crippen molar-refractivity contribution in [2.24, 2.45) is 0 Å². The van der Waals surface area contributed by atoms with Crippen LogP contribution in [0.4, 0.5) is 0 Å². The zero-order chi connectivity index (χ0) is 15.1. The molecule has 2 aliphatic rings. The molecule has 4 nitrogen and oxygen atoms in total. The normalized spacial score (nSPS) is 15.6. The summed E-state index contributed by atoms with van der Waals surface area (Å²) in [6.07, 6.45) is 0.818. The van der Waals surface area contributed by atoms with Crippen LogP contribution in [0.2, 0.25) is 5.02 Å². The summed E-state index contributed by atoms with van der Waals surface area (Å²) in [4.78, 5) is 14.5. The monoisotopic (exact) mass is 315 g/mol. The van der Waals surface area contributed by atoms with Gasteiger partial charge in [0, 0.05) is 23.7 Å². The van der Waals surface area contributed by atoms with Crippen LogP contribution in [0.5, 0.6) is 11.5 Å². The Labute approximate surface area is 133 Å². The van der Waals surface area contributed by atoms with Gasteiger partial charge in [0.15, 0.2) is 11.5 Å². The highest BCUT2D eigenvalue weighted by Crippen LogP contribution is 2.36. The van der Waals surface area contributed by atoms with E-state index in [0.717, 1.165) is 23.5 Å². The molecule has 0 unspecified atom stereocenters. The SMILES string of the molecule is O=C(c1cccc(Cl)c1)N1CCc2cc3c(cc2C1)OCO3. The summed E-state index contributed by atoms with van der Waals surface area (Å²) < 4.78 is 10.8. The summed E-state index contributed by atoms with van der Waals surface area (Å²) in [5.74, 6) is 1.56. The summed E-state index contributed by atoms with van der Waals surface area (Å²) in [5.41, 5.74) is 2.96. The number of carbonyl (C=O) groups excluding carboxylic acids is 1. The summed E-state index contributed by atoms with van der Waals surface area (Å²) in [6.45, 7) is 1.54. The molecule has 112 valence electrons. The molecular formula is C17H14ClNO3. The van der Waals surface area contributed by atoms with Crippen LogP contribution in [0, 0.1) is 0 Å². The van der Waals surface area contributed by atoms with E-state index in [4.69, 9.17) is 21.1 Å². The smallest absolute Gasteiger partial charge is 0.254 e. The minimum absolute atomic E-state index is 0.00539. The summed E-state index contributed by atoms with van der Waals surface area (Å²) in [5, 5.41) is 0.576. The van der Waals surface area contributed by atoms with E-state index in [0.29, 0.717) is 23.7 Å². The first-order valence-electron chi connectivity index (χ1n) is 7.17. The van der Waals surface area contributed by atoms with E-state index >= 15 is 0 Å². The number of carbonyl (C=O) groups is 1. The van der Waals surface area contributed by atoms with Crippen LogP contribution >= 0.6 is 11.6 Å². The predicted octanol–water partition coefficient (Wildman–Crippen LogP) is 3.27. The fraction of sp³-hybridized carbons (Fsp3) is 0.235. The molecule has 0 radical (unpaired) electrons. The zero-order valence-corrected chi connectivity index (χ0v) is 12.6. The molecule has 2 aromatic carbocycles. The van der Waals surface area contributed by atoms with E-state index in [1.54, 1.807) is 24.3 Å². The Morgan fingerprint density at radius 3 is 2.64 bits per heavy atom. The molecule has 5 heteroatoms. The van der Waals surface area contributed by atoms with Gasteiger partial charge < -0.3 is 14.4 Å². The molecular weight excluding hydrogens is 302 g/mol. The second-order valence-electron chi connectivity index (χ2n) is 5.46. The number of nitrogens with zero attached hydrogens (tertiary/aromatic N) is 1. The van der Waals surface area contributed by atoms with Gasteiger partial charge in [0.05, 0.1) is 0 Å². The molecule has 0 saturated carbocycles. The van der Waals surface area contributed by atoms with Crippen molar-refractivity contribution in [3.05, 3.63) is 58.1 Å². The number of amides is 1. The molecule has 1 amide bonds. The van der Waals surface area contributed by atoms with Crippen molar-refractivity contribution in [3.63, 3.8) is 0 Å². The van der Waals surface area contributed by atoms with Crippen molar-refractivity contribution in [1.29, 1.82) is 0 Å². The molecule has 0 bridgehead atoms. The predicted molar refractivity (Wildman–Crippen MR) is 82.5 cm³/mol. The molecule has 0 fully saturated rings. The fourth-order valence-corrected chi connectivity index (χ4v) is 3.11. The van der Waals surface area contributed by atoms with Gasteiger partial charge in [-0.25, -0.2) is 0 Å². The molecule has 2 aromatic rings. The zero-order valence-electron chi connectivity index (χ0n) is 11.8. The maximum Gasteiger partial charge on any atom is 0.254 e. The standard InChI is InChI=1S/C17H14ClNO3/c18-14-3-1-2-12(6-14)17(20)19-5-4-11-7-15-16(22-10-21-15)8-13(11)9-19/h1-3,6-8H,4-5,9-10H2. The van der Waals surface area contributed by atoms with Crippen LogP contribution < -0.4 is 9.47 Å². The van der Waals surface area contributed by atoms with Crippen molar-refractivity contribution in [2.45, 2.75) is 13.0 Å². The number of halogens is 1. The number of ether oxygens (including phenoxy) is 2. The first-order valence-corrected chi connectivity index (χ1v) is 7.55. The number of hydrogen-bond donors (Lipinski definition) is 0. The van der Waals surface area contributed by atoms with Gasteiger partial charge in [0.25, 0.3) is 5.91 Å². The molecule has 2 aliphatic heterocycles. The lowest BCUT2D eigenvalue weighted by molar-refractivity contribution is 0.0734. The number of fused-ring (bicyclic) bond motifs is 2. The fourth-order valence-electron chi connectivity index (χ4n) is 2.92. The second-order valence-corrected chi connectivity index (χ2v) is 5.90. The third-order valence-electron chi connectivity index (χ3n) is 4.07. The molecule has 0 aliphatic carbocycles. The van der Waals surface area contributed by atoms with Crippen molar-refractivity contribution in [2.75, 3.05) is 13.3 Å². The Morgan fingerprint density at radius 2 is 1.86 bits per heavy atom. The number of benzene rings is 2. The first-order chi connectivity index (χ1) is 10.7. The van der Waals surface area contributed by atoms with Crippen molar-refractivity contribution >= 4 is 17.5 Å². The lowest BCUT2D eigenvalue weighted by Crippen LogP contribution is -2.35. The van der Waals surface area contributed by atoms with E-state index in [1.165, 1.54) is 5.56 Å². The molecule has 2 heterocycles. The van der Waals surface area contributed by atoms with Gasteiger partial charge in [0.1, 0.15) is 0 Å². The summed E-state index contributed by atoms with van der Waals surface area (Å²) >= 11 is 5.97. The first kappa shape index (κ1) is 13.5. The Bertz CT molecular complexity index is 760. The molecule has 0 atom stereocenters. The molecule has 0 saturated heterocycles.